The molecule has 4 aromatic rings. The molecule has 3 aromatic carbocycles. The molecule has 0 unspecified atom stereocenters. The molecule has 0 radical (unpaired) electrons. The Morgan fingerprint density at radius 2 is 1.38 bits per heavy atom. The number of methoxy groups -OCH3 is 1. The van der Waals surface area contributed by atoms with Crippen LogP contribution in [-0.2, 0) is 0 Å². The monoisotopic (exact) mass is 341 g/mol. The van der Waals surface area contributed by atoms with Crippen LogP contribution in [0.4, 0.5) is 0 Å². The van der Waals surface area contributed by atoms with Crippen LogP contribution >= 0.6 is 0 Å². The van der Waals surface area contributed by atoms with Crippen LogP contribution in [0.25, 0.3) is 33.7 Å². The van der Waals surface area contributed by atoms with Gasteiger partial charge in [-0.25, -0.2) is 0 Å². The number of hydrogen-bond acceptors (Lipinski definition) is 3. The van der Waals surface area contributed by atoms with E-state index in [1.165, 1.54) is 5.56 Å². The fraction of sp³-hybridized carbons (Fsp3) is 0.0870. The molecule has 0 aliphatic heterocycles. The summed E-state index contributed by atoms with van der Waals surface area (Å²) in [5.41, 5.74) is 6.14. The molecular weight excluding hydrogens is 322 g/mol. The van der Waals surface area contributed by atoms with Gasteiger partial charge in [-0.3, -0.25) is 0 Å². The molecule has 3 nitrogen and oxygen atoms in total. The molecule has 0 spiro atoms. The highest BCUT2D eigenvalue weighted by molar-refractivity contribution is 5.90. The Bertz CT molecular complexity index is 1000. The SMILES string of the molecule is COc1ccc(-c2noc(-c3ccccc3)c2-c2ccc(C)cc2)cc1. The molecule has 0 aliphatic rings. The minimum absolute atomic E-state index is 0.778. The fourth-order valence-electron chi connectivity index (χ4n) is 3.01. The van der Waals surface area contributed by atoms with Gasteiger partial charge in [-0.2, -0.15) is 0 Å². The first kappa shape index (κ1) is 16.2. The summed E-state index contributed by atoms with van der Waals surface area (Å²) in [7, 11) is 1.66. The third-order valence-electron chi connectivity index (χ3n) is 4.43. The van der Waals surface area contributed by atoms with Crippen LogP contribution in [0.5, 0.6) is 5.75 Å². The molecular formula is C23H19NO2. The molecule has 0 amide bonds. The second kappa shape index (κ2) is 6.89. The van der Waals surface area contributed by atoms with E-state index < -0.39 is 0 Å². The summed E-state index contributed by atoms with van der Waals surface area (Å²) in [5.74, 6) is 1.60. The zero-order valence-corrected chi connectivity index (χ0v) is 14.8. The maximum Gasteiger partial charge on any atom is 0.175 e. The first-order valence-electron chi connectivity index (χ1n) is 8.53. The van der Waals surface area contributed by atoms with Gasteiger partial charge in [-0.05, 0) is 36.8 Å². The van der Waals surface area contributed by atoms with Gasteiger partial charge >= 0.3 is 0 Å². The van der Waals surface area contributed by atoms with Gasteiger partial charge in [0.2, 0.25) is 0 Å². The molecule has 0 fully saturated rings. The average Bonchev–Trinajstić information content (AvgIpc) is 3.14. The van der Waals surface area contributed by atoms with Gasteiger partial charge in [0, 0.05) is 11.1 Å². The van der Waals surface area contributed by atoms with Crippen molar-refractivity contribution in [3.63, 3.8) is 0 Å². The topological polar surface area (TPSA) is 35.3 Å². The Labute approximate surface area is 152 Å². The molecule has 26 heavy (non-hydrogen) atoms. The maximum absolute atomic E-state index is 5.80. The molecule has 0 atom stereocenters. The minimum atomic E-state index is 0.778. The van der Waals surface area contributed by atoms with Gasteiger partial charge in [0.1, 0.15) is 11.4 Å². The predicted octanol–water partition coefficient (Wildman–Crippen LogP) is 5.99. The zero-order valence-electron chi connectivity index (χ0n) is 14.8. The molecule has 0 saturated heterocycles. The van der Waals surface area contributed by atoms with Crippen molar-refractivity contribution in [2.75, 3.05) is 7.11 Å². The number of aromatic nitrogens is 1. The van der Waals surface area contributed by atoms with E-state index in [1.807, 2.05) is 54.6 Å². The summed E-state index contributed by atoms with van der Waals surface area (Å²) in [6.45, 7) is 2.08. The number of benzene rings is 3. The van der Waals surface area contributed by atoms with Crippen molar-refractivity contribution >= 4 is 0 Å². The molecule has 1 heterocycles. The number of rotatable bonds is 4. The predicted molar refractivity (Wildman–Crippen MR) is 104 cm³/mol. The van der Waals surface area contributed by atoms with Crippen LogP contribution in [0.3, 0.4) is 0 Å². The third kappa shape index (κ3) is 3.00. The second-order valence-electron chi connectivity index (χ2n) is 6.20. The summed E-state index contributed by atoms with van der Waals surface area (Å²) in [5, 5.41) is 4.40. The summed E-state index contributed by atoms with van der Waals surface area (Å²) in [6.07, 6.45) is 0. The molecule has 1 aromatic heterocycles. The minimum Gasteiger partial charge on any atom is -0.497 e. The Kier molecular flexibility index (Phi) is 4.28. The first-order valence-corrected chi connectivity index (χ1v) is 8.53. The van der Waals surface area contributed by atoms with Crippen LogP contribution in [0.15, 0.2) is 83.4 Å². The normalized spacial score (nSPS) is 10.7. The van der Waals surface area contributed by atoms with Crippen LogP contribution < -0.4 is 4.74 Å². The highest BCUT2D eigenvalue weighted by Gasteiger charge is 2.20. The molecule has 4 rings (SSSR count). The van der Waals surface area contributed by atoms with Gasteiger partial charge in [0.05, 0.1) is 12.7 Å². The zero-order chi connectivity index (χ0) is 17.9. The fourth-order valence-corrected chi connectivity index (χ4v) is 3.01. The summed E-state index contributed by atoms with van der Waals surface area (Å²) in [4.78, 5) is 0. The first-order chi connectivity index (χ1) is 12.8. The number of hydrogen-bond donors (Lipinski definition) is 0. The van der Waals surface area contributed by atoms with E-state index in [2.05, 4.69) is 36.3 Å². The number of aryl methyl sites for hydroxylation is 1. The molecule has 128 valence electrons. The summed E-state index contributed by atoms with van der Waals surface area (Å²) < 4.78 is 11.1. The van der Waals surface area contributed by atoms with E-state index in [-0.39, 0.29) is 0 Å². The molecule has 0 bridgehead atoms. The second-order valence-corrected chi connectivity index (χ2v) is 6.20. The molecule has 0 N–H and O–H groups in total. The van der Waals surface area contributed by atoms with Crippen molar-refractivity contribution < 1.29 is 9.26 Å². The Hall–Kier alpha value is -3.33. The standard InChI is InChI=1S/C23H19NO2/c1-16-8-10-17(11-9-16)21-22(18-12-14-20(25-2)15-13-18)24-26-23(21)19-6-4-3-5-7-19/h3-15H,1-2H3. The Morgan fingerprint density at radius 3 is 2.04 bits per heavy atom. The lowest BCUT2D eigenvalue weighted by molar-refractivity contribution is 0.415. The van der Waals surface area contributed by atoms with E-state index in [0.29, 0.717) is 0 Å². The van der Waals surface area contributed by atoms with E-state index in [4.69, 9.17) is 9.26 Å². The summed E-state index contributed by atoms with van der Waals surface area (Å²) >= 11 is 0. The van der Waals surface area contributed by atoms with E-state index in [9.17, 15) is 0 Å². The Morgan fingerprint density at radius 1 is 0.731 bits per heavy atom. The van der Waals surface area contributed by atoms with Crippen LogP contribution in [0.2, 0.25) is 0 Å². The van der Waals surface area contributed by atoms with Crippen LogP contribution in [-0.4, -0.2) is 12.3 Å². The van der Waals surface area contributed by atoms with Crippen LogP contribution in [0.1, 0.15) is 5.56 Å². The van der Waals surface area contributed by atoms with Gasteiger partial charge in [0.15, 0.2) is 5.76 Å². The van der Waals surface area contributed by atoms with Crippen molar-refractivity contribution in [3.8, 4) is 39.5 Å². The highest BCUT2D eigenvalue weighted by atomic mass is 16.5. The van der Waals surface area contributed by atoms with E-state index >= 15 is 0 Å². The largest absolute Gasteiger partial charge is 0.497 e. The smallest absolute Gasteiger partial charge is 0.175 e. The number of nitrogens with zero attached hydrogens (tertiary/aromatic N) is 1. The quantitative estimate of drug-likeness (QED) is 0.457. The van der Waals surface area contributed by atoms with Gasteiger partial charge in [0.25, 0.3) is 0 Å². The van der Waals surface area contributed by atoms with Crippen molar-refractivity contribution in [1.29, 1.82) is 0 Å². The van der Waals surface area contributed by atoms with Gasteiger partial charge < -0.3 is 9.26 Å². The van der Waals surface area contributed by atoms with E-state index in [1.54, 1.807) is 7.11 Å². The third-order valence-corrected chi connectivity index (χ3v) is 4.43. The molecule has 0 aliphatic carbocycles. The maximum atomic E-state index is 5.80. The highest BCUT2D eigenvalue weighted by Crippen LogP contribution is 2.40. The average molecular weight is 341 g/mol. The molecule has 3 heteroatoms. The number of ether oxygens (including phenoxy) is 1. The van der Waals surface area contributed by atoms with Crippen molar-refractivity contribution in [1.82, 2.24) is 5.16 Å². The lowest BCUT2D eigenvalue weighted by Gasteiger charge is -2.06. The van der Waals surface area contributed by atoms with Crippen LogP contribution in [0, 0.1) is 6.92 Å². The lowest BCUT2D eigenvalue weighted by Crippen LogP contribution is -1.87. The van der Waals surface area contributed by atoms with Gasteiger partial charge in [-0.15, -0.1) is 0 Å². The molecule has 0 saturated carbocycles. The van der Waals surface area contributed by atoms with E-state index in [0.717, 1.165) is 39.5 Å². The van der Waals surface area contributed by atoms with Gasteiger partial charge in [-0.1, -0.05) is 65.3 Å². The lowest BCUT2D eigenvalue weighted by atomic mass is 9.96. The Balaban J connectivity index is 1.91. The van der Waals surface area contributed by atoms with Crippen molar-refractivity contribution in [2.24, 2.45) is 0 Å². The van der Waals surface area contributed by atoms with Crippen molar-refractivity contribution in [2.45, 2.75) is 6.92 Å². The van der Waals surface area contributed by atoms with Crippen molar-refractivity contribution in [3.05, 3.63) is 84.4 Å². The summed E-state index contributed by atoms with van der Waals surface area (Å²) in [6, 6.07) is 26.4.